The fraction of sp³-hybridized carbons (Fsp3) is 0.304. The zero-order chi connectivity index (χ0) is 22.1. The minimum atomic E-state index is -1.04. The first-order valence-corrected chi connectivity index (χ1v) is 10.2. The zero-order valence-electron chi connectivity index (χ0n) is 17.0. The molecule has 1 aliphatic carbocycles. The molecule has 0 bridgehead atoms. The molecule has 1 saturated heterocycles. The lowest BCUT2D eigenvalue weighted by Gasteiger charge is -2.35. The first-order valence-electron chi connectivity index (χ1n) is 10.2. The minimum Gasteiger partial charge on any atom is -0.478 e. The van der Waals surface area contributed by atoms with E-state index in [1.54, 1.807) is 31.2 Å². The van der Waals surface area contributed by atoms with Crippen molar-refractivity contribution in [3.63, 3.8) is 0 Å². The van der Waals surface area contributed by atoms with E-state index in [0.717, 1.165) is 37.0 Å². The number of rotatable bonds is 4. The average molecular weight is 422 g/mol. The Hall–Kier alpha value is -3.68. The second-order valence-electron chi connectivity index (χ2n) is 7.77. The van der Waals surface area contributed by atoms with Crippen LogP contribution in [0.5, 0.6) is 0 Å². The number of carboxylic acids is 1. The molecule has 0 atom stereocenters. The van der Waals surface area contributed by atoms with Gasteiger partial charge in [0.2, 0.25) is 0 Å². The highest BCUT2D eigenvalue weighted by atomic mass is 16.4. The van der Waals surface area contributed by atoms with Gasteiger partial charge in [0.15, 0.2) is 0 Å². The van der Waals surface area contributed by atoms with Crippen molar-refractivity contribution in [3.8, 4) is 11.3 Å². The van der Waals surface area contributed by atoms with Gasteiger partial charge in [0.1, 0.15) is 17.1 Å². The number of benzene rings is 1. The van der Waals surface area contributed by atoms with Crippen molar-refractivity contribution >= 4 is 29.9 Å². The molecule has 2 aliphatic rings. The lowest BCUT2D eigenvalue weighted by atomic mass is 9.93. The van der Waals surface area contributed by atoms with Gasteiger partial charge in [-0.15, -0.1) is 0 Å². The highest BCUT2D eigenvalue weighted by Gasteiger charge is 2.40. The van der Waals surface area contributed by atoms with E-state index in [9.17, 15) is 24.3 Å². The normalized spacial score (nSPS) is 19.1. The first kappa shape index (κ1) is 20.6. The standard InChI is InChI=1S/C23H22N2O6/c1-13-16(8-5-9-17(13)22(28)29)19-11-10-15(31-19)12-18-20(26)24-23(30)25(21(18)27)14-6-3-2-4-7-14/h5,8-12,14H,2-4,6-7H2,1H3,(H,28,29)(H,24,26,30). The first-order chi connectivity index (χ1) is 14.9. The molecule has 160 valence electrons. The van der Waals surface area contributed by atoms with Crippen LogP contribution in [0.4, 0.5) is 4.79 Å². The van der Waals surface area contributed by atoms with Crippen molar-refractivity contribution in [1.82, 2.24) is 10.2 Å². The van der Waals surface area contributed by atoms with E-state index < -0.39 is 23.8 Å². The Bertz CT molecular complexity index is 1110. The molecule has 4 amide bonds. The molecule has 1 aromatic heterocycles. The lowest BCUT2D eigenvalue weighted by molar-refractivity contribution is -0.132. The summed E-state index contributed by atoms with van der Waals surface area (Å²) >= 11 is 0. The third-order valence-corrected chi connectivity index (χ3v) is 5.82. The van der Waals surface area contributed by atoms with Crippen molar-refractivity contribution in [2.45, 2.75) is 45.1 Å². The van der Waals surface area contributed by atoms with Crippen LogP contribution in [0.1, 0.15) is 53.8 Å². The zero-order valence-corrected chi connectivity index (χ0v) is 17.0. The van der Waals surface area contributed by atoms with Crippen LogP contribution in [-0.2, 0) is 9.59 Å². The average Bonchev–Trinajstić information content (AvgIpc) is 3.20. The van der Waals surface area contributed by atoms with Crippen molar-refractivity contribution in [2.24, 2.45) is 0 Å². The third kappa shape index (κ3) is 3.88. The summed E-state index contributed by atoms with van der Waals surface area (Å²) < 4.78 is 5.79. The highest BCUT2D eigenvalue weighted by Crippen LogP contribution is 2.30. The van der Waals surface area contributed by atoms with Crippen LogP contribution in [0.15, 0.2) is 40.3 Å². The summed E-state index contributed by atoms with van der Waals surface area (Å²) in [5.74, 6) is -1.75. The molecule has 31 heavy (non-hydrogen) atoms. The van der Waals surface area contributed by atoms with Gasteiger partial charge in [-0.1, -0.05) is 31.4 Å². The molecule has 0 spiro atoms. The van der Waals surface area contributed by atoms with E-state index in [2.05, 4.69) is 5.32 Å². The van der Waals surface area contributed by atoms with Gasteiger partial charge in [-0.3, -0.25) is 19.8 Å². The van der Waals surface area contributed by atoms with Crippen LogP contribution in [0, 0.1) is 6.92 Å². The third-order valence-electron chi connectivity index (χ3n) is 5.82. The van der Waals surface area contributed by atoms with Gasteiger partial charge in [0.05, 0.1) is 5.56 Å². The number of nitrogens with zero attached hydrogens (tertiary/aromatic N) is 1. The number of amides is 4. The van der Waals surface area contributed by atoms with Gasteiger partial charge in [0.25, 0.3) is 11.8 Å². The number of nitrogens with one attached hydrogen (secondary N) is 1. The smallest absolute Gasteiger partial charge is 0.335 e. The Morgan fingerprint density at radius 1 is 1.13 bits per heavy atom. The number of urea groups is 1. The molecule has 1 saturated carbocycles. The monoisotopic (exact) mass is 422 g/mol. The fourth-order valence-electron chi connectivity index (χ4n) is 4.19. The molecular formula is C23H22N2O6. The van der Waals surface area contributed by atoms with Gasteiger partial charge in [-0.05, 0) is 49.6 Å². The van der Waals surface area contributed by atoms with Crippen LogP contribution in [0.25, 0.3) is 17.4 Å². The Kier molecular flexibility index (Phi) is 5.46. The molecular weight excluding hydrogens is 400 g/mol. The van der Waals surface area contributed by atoms with Crippen LogP contribution in [-0.4, -0.2) is 39.9 Å². The predicted octanol–water partition coefficient (Wildman–Crippen LogP) is 3.75. The number of hydrogen-bond acceptors (Lipinski definition) is 5. The molecule has 2 N–H and O–H groups in total. The van der Waals surface area contributed by atoms with Crippen molar-refractivity contribution in [3.05, 3.63) is 52.8 Å². The van der Waals surface area contributed by atoms with Crippen molar-refractivity contribution in [2.75, 3.05) is 0 Å². The number of hydrogen-bond donors (Lipinski definition) is 2. The predicted molar refractivity (Wildman–Crippen MR) is 111 cm³/mol. The second-order valence-corrected chi connectivity index (χ2v) is 7.77. The number of carboxylic acid groups (broad SMARTS) is 1. The topological polar surface area (TPSA) is 117 Å². The number of carbonyl (C=O) groups is 4. The number of furan rings is 1. The summed E-state index contributed by atoms with van der Waals surface area (Å²) in [6, 6.07) is 7.21. The summed E-state index contributed by atoms with van der Waals surface area (Å²) in [4.78, 5) is 50.1. The van der Waals surface area contributed by atoms with E-state index in [0.29, 0.717) is 16.9 Å². The maximum absolute atomic E-state index is 13.0. The van der Waals surface area contributed by atoms with Crippen LogP contribution >= 0.6 is 0 Å². The van der Waals surface area contributed by atoms with Crippen molar-refractivity contribution < 1.29 is 28.7 Å². The van der Waals surface area contributed by atoms with Gasteiger partial charge < -0.3 is 9.52 Å². The maximum Gasteiger partial charge on any atom is 0.335 e. The largest absolute Gasteiger partial charge is 0.478 e. The Balaban J connectivity index is 1.64. The highest BCUT2D eigenvalue weighted by molar-refractivity contribution is 6.31. The SMILES string of the molecule is Cc1c(C(=O)O)cccc1-c1ccc(C=C2C(=O)NC(=O)N(C3CCCCC3)C2=O)o1. The molecule has 2 heterocycles. The summed E-state index contributed by atoms with van der Waals surface area (Å²) in [6.45, 7) is 1.69. The van der Waals surface area contributed by atoms with Gasteiger partial charge in [-0.25, -0.2) is 9.59 Å². The minimum absolute atomic E-state index is 0.164. The van der Waals surface area contributed by atoms with E-state index in [1.165, 1.54) is 12.1 Å². The number of aromatic carboxylic acids is 1. The van der Waals surface area contributed by atoms with Crippen LogP contribution < -0.4 is 5.32 Å². The summed E-state index contributed by atoms with van der Waals surface area (Å²) in [5, 5.41) is 11.6. The molecule has 2 fully saturated rings. The fourth-order valence-corrected chi connectivity index (χ4v) is 4.19. The Labute approximate surface area is 178 Å². The molecule has 8 nitrogen and oxygen atoms in total. The lowest BCUT2D eigenvalue weighted by Crippen LogP contribution is -2.58. The van der Waals surface area contributed by atoms with E-state index in [4.69, 9.17) is 4.42 Å². The summed E-state index contributed by atoms with van der Waals surface area (Å²) in [7, 11) is 0. The van der Waals surface area contributed by atoms with E-state index in [1.807, 2.05) is 0 Å². The van der Waals surface area contributed by atoms with E-state index >= 15 is 0 Å². The molecule has 1 aliphatic heterocycles. The van der Waals surface area contributed by atoms with E-state index in [-0.39, 0.29) is 22.9 Å². The second kappa shape index (κ2) is 8.22. The Morgan fingerprint density at radius 3 is 2.58 bits per heavy atom. The van der Waals surface area contributed by atoms with Crippen LogP contribution in [0.3, 0.4) is 0 Å². The quantitative estimate of drug-likeness (QED) is 0.573. The number of barbiturate groups is 1. The molecule has 0 radical (unpaired) electrons. The molecule has 0 unspecified atom stereocenters. The van der Waals surface area contributed by atoms with Crippen molar-refractivity contribution in [1.29, 1.82) is 0 Å². The Morgan fingerprint density at radius 2 is 1.87 bits per heavy atom. The van der Waals surface area contributed by atoms with Gasteiger partial charge in [0, 0.05) is 11.6 Å². The molecule has 2 aromatic rings. The maximum atomic E-state index is 13.0. The van der Waals surface area contributed by atoms with Crippen LogP contribution in [0.2, 0.25) is 0 Å². The summed E-state index contributed by atoms with van der Waals surface area (Å²) in [5.41, 5.74) is 1.14. The molecule has 1 aromatic carbocycles. The molecule has 4 rings (SSSR count). The summed E-state index contributed by atoms with van der Waals surface area (Å²) in [6.07, 6.45) is 5.71. The van der Waals surface area contributed by atoms with Gasteiger partial charge in [-0.2, -0.15) is 0 Å². The molecule has 8 heteroatoms. The number of imide groups is 2. The van der Waals surface area contributed by atoms with Gasteiger partial charge >= 0.3 is 12.0 Å². The number of carbonyl (C=O) groups excluding carboxylic acids is 3.